The molecular formula is C10H16F3NO2. The van der Waals surface area contributed by atoms with E-state index in [1.807, 2.05) is 0 Å². The summed E-state index contributed by atoms with van der Waals surface area (Å²) < 4.78 is 37.2. The molecule has 0 atom stereocenters. The Morgan fingerprint density at radius 2 is 1.88 bits per heavy atom. The van der Waals surface area contributed by atoms with E-state index >= 15 is 0 Å². The number of nitrogens with two attached hydrogens (primary N) is 1. The molecule has 0 amide bonds. The van der Waals surface area contributed by atoms with E-state index in [0.29, 0.717) is 0 Å². The number of hydrogen-bond acceptors (Lipinski definition) is 2. The third-order valence-electron chi connectivity index (χ3n) is 3.47. The number of carboxylic acid groups (broad SMARTS) is 1. The zero-order valence-electron chi connectivity index (χ0n) is 8.89. The highest BCUT2D eigenvalue weighted by molar-refractivity contribution is 5.67. The largest absolute Gasteiger partial charge is 0.481 e. The summed E-state index contributed by atoms with van der Waals surface area (Å²) in [5, 5.41) is 8.71. The Hall–Kier alpha value is -0.780. The molecule has 3 nitrogen and oxygen atoms in total. The molecule has 16 heavy (non-hydrogen) atoms. The van der Waals surface area contributed by atoms with Crippen LogP contribution < -0.4 is 5.73 Å². The van der Waals surface area contributed by atoms with Gasteiger partial charge in [-0.15, -0.1) is 0 Å². The van der Waals surface area contributed by atoms with Crippen LogP contribution in [0.4, 0.5) is 13.2 Å². The van der Waals surface area contributed by atoms with Crippen molar-refractivity contribution in [3.05, 3.63) is 0 Å². The molecule has 1 aliphatic carbocycles. The molecule has 0 aromatic heterocycles. The van der Waals surface area contributed by atoms with Crippen molar-refractivity contribution in [3.8, 4) is 0 Å². The maximum absolute atomic E-state index is 12.4. The Morgan fingerprint density at radius 1 is 1.38 bits per heavy atom. The predicted octanol–water partition coefficient (Wildman–Crippen LogP) is 2.16. The van der Waals surface area contributed by atoms with Crippen LogP contribution in [0.25, 0.3) is 0 Å². The highest BCUT2D eigenvalue weighted by atomic mass is 19.4. The van der Waals surface area contributed by atoms with Gasteiger partial charge in [-0.2, -0.15) is 13.2 Å². The van der Waals surface area contributed by atoms with Crippen molar-refractivity contribution < 1.29 is 23.1 Å². The lowest BCUT2D eigenvalue weighted by molar-refractivity contribution is -0.187. The van der Waals surface area contributed by atoms with Crippen LogP contribution in [0, 0.1) is 11.3 Å². The summed E-state index contributed by atoms with van der Waals surface area (Å²) in [7, 11) is 0. The monoisotopic (exact) mass is 239 g/mol. The van der Waals surface area contributed by atoms with Crippen molar-refractivity contribution in [1.82, 2.24) is 0 Å². The third-order valence-corrected chi connectivity index (χ3v) is 3.47. The van der Waals surface area contributed by atoms with Gasteiger partial charge in [0.2, 0.25) is 0 Å². The van der Waals surface area contributed by atoms with E-state index in [9.17, 15) is 18.0 Å². The zero-order valence-corrected chi connectivity index (χ0v) is 8.89. The summed E-state index contributed by atoms with van der Waals surface area (Å²) in [5.41, 5.74) is 4.87. The molecule has 94 valence electrons. The van der Waals surface area contributed by atoms with Crippen molar-refractivity contribution in [3.63, 3.8) is 0 Å². The summed E-state index contributed by atoms with van der Waals surface area (Å²) in [6.07, 6.45) is -3.81. The van der Waals surface area contributed by atoms with Gasteiger partial charge in [0.25, 0.3) is 0 Å². The normalized spacial score (nSPS) is 31.4. The van der Waals surface area contributed by atoms with Crippen molar-refractivity contribution in [1.29, 1.82) is 0 Å². The molecule has 0 bridgehead atoms. The fourth-order valence-corrected chi connectivity index (χ4v) is 2.33. The van der Waals surface area contributed by atoms with Crippen LogP contribution in [0.3, 0.4) is 0 Å². The van der Waals surface area contributed by atoms with E-state index in [1.54, 1.807) is 0 Å². The van der Waals surface area contributed by atoms with Crippen LogP contribution in [0.1, 0.15) is 32.1 Å². The molecule has 0 spiro atoms. The zero-order chi connectivity index (χ0) is 12.4. The molecule has 0 aromatic carbocycles. The average Bonchev–Trinajstić information content (AvgIpc) is 2.16. The fourth-order valence-electron chi connectivity index (χ4n) is 2.33. The molecule has 6 heteroatoms. The summed E-state index contributed by atoms with van der Waals surface area (Å²) in [4.78, 5) is 10.6. The SMILES string of the molecule is NCC1(CC(=O)O)CCC(C(F)(F)F)CC1. The summed E-state index contributed by atoms with van der Waals surface area (Å²) in [5.74, 6) is -2.28. The summed E-state index contributed by atoms with van der Waals surface area (Å²) in [6, 6.07) is 0. The Morgan fingerprint density at radius 3 is 2.19 bits per heavy atom. The number of carboxylic acids is 1. The van der Waals surface area contributed by atoms with E-state index < -0.39 is 23.5 Å². The lowest BCUT2D eigenvalue weighted by Crippen LogP contribution is -2.39. The maximum Gasteiger partial charge on any atom is 0.391 e. The van der Waals surface area contributed by atoms with Gasteiger partial charge in [-0.3, -0.25) is 4.79 Å². The molecule has 0 unspecified atom stereocenters. The average molecular weight is 239 g/mol. The number of alkyl halides is 3. The molecule has 1 saturated carbocycles. The molecule has 0 saturated heterocycles. The second-order valence-electron chi connectivity index (χ2n) is 4.59. The van der Waals surface area contributed by atoms with E-state index in [0.717, 1.165) is 0 Å². The Kier molecular flexibility index (Phi) is 3.83. The molecule has 1 fully saturated rings. The Balaban J connectivity index is 2.60. The molecular weight excluding hydrogens is 223 g/mol. The van der Waals surface area contributed by atoms with Gasteiger partial charge in [-0.25, -0.2) is 0 Å². The molecule has 0 aromatic rings. The van der Waals surface area contributed by atoms with Gasteiger partial charge in [0.1, 0.15) is 0 Å². The molecule has 1 rings (SSSR count). The number of carbonyl (C=O) groups is 1. The first-order valence-corrected chi connectivity index (χ1v) is 5.28. The fraction of sp³-hybridized carbons (Fsp3) is 0.900. The van der Waals surface area contributed by atoms with Crippen LogP contribution in [0.5, 0.6) is 0 Å². The molecule has 3 N–H and O–H groups in total. The van der Waals surface area contributed by atoms with Gasteiger partial charge in [0, 0.05) is 0 Å². The first-order valence-electron chi connectivity index (χ1n) is 5.28. The maximum atomic E-state index is 12.4. The Labute approximate surface area is 91.8 Å². The van der Waals surface area contributed by atoms with Crippen LogP contribution in [-0.4, -0.2) is 23.8 Å². The van der Waals surface area contributed by atoms with E-state index in [4.69, 9.17) is 10.8 Å². The topological polar surface area (TPSA) is 63.3 Å². The smallest absolute Gasteiger partial charge is 0.391 e. The number of halogens is 3. The van der Waals surface area contributed by atoms with Crippen molar-refractivity contribution >= 4 is 5.97 Å². The second-order valence-corrected chi connectivity index (χ2v) is 4.59. The molecule has 0 heterocycles. The number of hydrogen-bond donors (Lipinski definition) is 2. The molecule has 1 aliphatic rings. The number of rotatable bonds is 3. The van der Waals surface area contributed by atoms with Gasteiger partial charge < -0.3 is 10.8 Å². The van der Waals surface area contributed by atoms with Crippen LogP contribution in [0.2, 0.25) is 0 Å². The van der Waals surface area contributed by atoms with Crippen molar-refractivity contribution in [2.75, 3.05) is 6.54 Å². The van der Waals surface area contributed by atoms with Crippen LogP contribution in [0.15, 0.2) is 0 Å². The minimum Gasteiger partial charge on any atom is -0.481 e. The molecule has 0 radical (unpaired) electrons. The highest BCUT2D eigenvalue weighted by Crippen LogP contribution is 2.46. The van der Waals surface area contributed by atoms with Gasteiger partial charge in [0.15, 0.2) is 0 Å². The van der Waals surface area contributed by atoms with Crippen LogP contribution >= 0.6 is 0 Å². The molecule has 0 aliphatic heterocycles. The van der Waals surface area contributed by atoms with Crippen molar-refractivity contribution in [2.45, 2.75) is 38.3 Å². The van der Waals surface area contributed by atoms with Crippen LogP contribution in [-0.2, 0) is 4.79 Å². The van der Waals surface area contributed by atoms with Gasteiger partial charge in [0.05, 0.1) is 12.3 Å². The third kappa shape index (κ3) is 3.10. The summed E-state index contributed by atoms with van der Waals surface area (Å²) >= 11 is 0. The lowest BCUT2D eigenvalue weighted by Gasteiger charge is -2.38. The van der Waals surface area contributed by atoms with E-state index in [2.05, 4.69) is 0 Å². The minimum atomic E-state index is -4.16. The first kappa shape index (κ1) is 13.3. The summed E-state index contributed by atoms with van der Waals surface area (Å²) in [6.45, 7) is 0.143. The lowest BCUT2D eigenvalue weighted by atomic mass is 9.68. The van der Waals surface area contributed by atoms with Gasteiger partial charge >= 0.3 is 12.1 Å². The predicted molar refractivity (Wildman–Crippen MR) is 51.8 cm³/mol. The van der Waals surface area contributed by atoms with Crippen molar-refractivity contribution in [2.24, 2.45) is 17.1 Å². The highest BCUT2D eigenvalue weighted by Gasteiger charge is 2.45. The minimum absolute atomic E-state index is 0.00597. The van der Waals surface area contributed by atoms with Gasteiger partial charge in [-0.1, -0.05) is 0 Å². The standard InChI is InChI=1S/C10H16F3NO2/c11-10(12,13)7-1-3-9(6-14,4-2-7)5-8(15)16/h7H,1-6,14H2,(H,15,16). The van der Waals surface area contributed by atoms with E-state index in [1.165, 1.54) is 0 Å². The quantitative estimate of drug-likeness (QED) is 0.793. The number of aliphatic carboxylic acids is 1. The first-order chi connectivity index (χ1) is 7.29. The Bertz CT molecular complexity index is 257. The van der Waals surface area contributed by atoms with E-state index in [-0.39, 0.29) is 38.6 Å². The van der Waals surface area contributed by atoms with Gasteiger partial charge in [-0.05, 0) is 37.6 Å². The second kappa shape index (κ2) is 4.61.